The third kappa shape index (κ3) is 2.17. The molecule has 0 bridgehead atoms. The van der Waals surface area contributed by atoms with Crippen molar-refractivity contribution in [3.8, 4) is 0 Å². The Hall–Kier alpha value is -0.370. The predicted octanol–water partition coefficient (Wildman–Crippen LogP) is 4.14. The van der Waals surface area contributed by atoms with E-state index in [2.05, 4.69) is 18.8 Å². The third-order valence-corrected chi connectivity index (χ3v) is 4.49. The van der Waals surface area contributed by atoms with Gasteiger partial charge in [-0.1, -0.05) is 13.3 Å². The van der Waals surface area contributed by atoms with Gasteiger partial charge in [-0.2, -0.15) is 0 Å². The van der Waals surface area contributed by atoms with Crippen LogP contribution in [0.1, 0.15) is 54.8 Å². The highest BCUT2D eigenvalue weighted by molar-refractivity contribution is 7.11. The van der Waals surface area contributed by atoms with Gasteiger partial charge in [0.25, 0.3) is 0 Å². The quantitative estimate of drug-likeness (QED) is 0.713. The zero-order chi connectivity index (χ0) is 9.97. The van der Waals surface area contributed by atoms with E-state index in [-0.39, 0.29) is 0 Å². The molecule has 1 aliphatic rings. The van der Waals surface area contributed by atoms with Crippen LogP contribution in [0.4, 0.5) is 0 Å². The molecule has 0 radical (unpaired) electrons. The van der Waals surface area contributed by atoms with E-state index in [1.807, 2.05) is 17.5 Å². The molecule has 0 amide bonds. The first-order valence-electron chi connectivity index (χ1n) is 5.72. The van der Waals surface area contributed by atoms with Gasteiger partial charge in [-0.3, -0.25) is 0 Å². The molecule has 1 aromatic rings. The predicted molar refractivity (Wildman–Crippen MR) is 61.8 cm³/mol. The van der Waals surface area contributed by atoms with Crippen LogP contribution >= 0.6 is 11.3 Å². The largest absolute Gasteiger partial charge is 0.249 e. The summed E-state index contributed by atoms with van der Waals surface area (Å²) in [4.78, 5) is 5.87. The summed E-state index contributed by atoms with van der Waals surface area (Å²) in [5.41, 5.74) is 0. The van der Waals surface area contributed by atoms with Gasteiger partial charge in [-0.15, -0.1) is 11.3 Å². The van der Waals surface area contributed by atoms with Crippen LogP contribution in [0.5, 0.6) is 0 Å². The molecule has 2 heteroatoms. The van der Waals surface area contributed by atoms with Gasteiger partial charge in [-0.25, -0.2) is 4.98 Å². The molecule has 14 heavy (non-hydrogen) atoms. The van der Waals surface area contributed by atoms with Gasteiger partial charge in [0.05, 0.1) is 5.01 Å². The van der Waals surface area contributed by atoms with E-state index < -0.39 is 0 Å². The van der Waals surface area contributed by atoms with E-state index in [1.165, 1.54) is 42.0 Å². The maximum atomic E-state index is 4.51. The Morgan fingerprint density at radius 1 is 1.36 bits per heavy atom. The van der Waals surface area contributed by atoms with Gasteiger partial charge in [0.2, 0.25) is 0 Å². The highest BCUT2D eigenvalue weighted by Crippen LogP contribution is 2.38. The number of thiazole rings is 1. The topological polar surface area (TPSA) is 12.9 Å². The lowest BCUT2D eigenvalue weighted by Crippen LogP contribution is -2.12. The molecular formula is C12H19NS. The van der Waals surface area contributed by atoms with Gasteiger partial charge in [0.1, 0.15) is 0 Å². The molecule has 0 atom stereocenters. The molecule has 2 rings (SSSR count). The van der Waals surface area contributed by atoms with Crippen molar-refractivity contribution in [1.82, 2.24) is 4.98 Å². The normalized spacial score (nSPS) is 27.9. The van der Waals surface area contributed by atoms with Crippen LogP contribution in [0.25, 0.3) is 0 Å². The van der Waals surface area contributed by atoms with Crippen molar-refractivity contribution in [2.24, 2.45) is 5.92 Å². The lowest BCUT2D eigenvalue weighted by Gasteiger charge is -2.26. The molecule has 1 nitrogen and oxygen atoms in total. The number of nitrogens with zero attached hydrogens (tertiary/aromatic N) is 1. The average Bonchev–Trinajstić information content (AvgIpc) is 2.65. The van der Waals surface area contributed by atoms with E-state index in [9.17, 15) is 0 Å². The SMILES string of the molecule is CCC1CCC(c2ncc(C)s2)CC1. The van der Waals surface area contributed by atoms with Crippen molar-refractivity contribution in [2.75, 3.05) is 0 Å². The standard InChI is InChI=1S/C12H19NS/c1-3-10-4-6-11(7-5-10)12-13-8-9(2)14-12/h8,10-11H,3-7H2,1-2H3. The Balaban J connectivity index is 1.95. The first-order valence-corrected chi connectivity index (χ1v) is 6.53. The van der Waals surface area contributed by atoms with Crippen LogP contribution in [0.15, 0.2) is 6.20 Å². The fourth-order valence-electron chi connectivity index (χ4n) is 2.38. The zero-order valence-corrected chi connectivity index (χ0v) is 9.94. The minimum Gasteiger partial charge on any atom is -0.249 e. The van der Waals surface area contributed by atoms with Gasteiger partial charge >= 0.3 is 0 Å². The maximum absolute atomic E-state index is 4.51. The molecule has 0 aromatic carbocycles. The van der Waals surface area contributed by atoms with Crippen molar-refractivity contribution >= 4 is 11.3 Å². The molecular weight excluding hydrogens is 190 g/mol. The number of hydrogen-bond donors (Lipinski definition) is 0. The molecule has 0 spiro atoms. The fraction of sp³-hybridized carbons (Fsp3) is 0.750. The van der Waals surface area contributed by atoms with Gasteiger partial charge in [0, 0.05) is 17.0 Å². The summed E-state index contributed by atoms with van der Waals surface area (Å²) < 4.78 is 0. The molecule has 1 aromatic heterocycles. The van der Waals surface area contributed by atoms with E-state index in [1.54, 1.807) is 0 Å². The summed E-state index contributed by atoms with van der Waals surface area (Å²) in [5, 5.41) is 1.39. The summed E-state index contributed by atoms with van der Waals surface area (Å²) in [7, 11) is 0. The Kier molecular flexibility index (Phi) is 3.22. The summed E-state index contributed by atoms with van der Waals surface area (Å²) in [6, 6.07) is 0. The Bertz CT molecular complexity index is 284. The number of rotatable bonds is 2. The molecule has 0 saturated heterocycles. The minimum atomic E-state index is 0.775. The van der Waals surface area contributed by atoms with E-state index in [0.29, 0.717) is 0 Å². The Morgan fingerprint density at radius 3 is 2.57 bits per heavy atom. The molecule has 0 aliphatic heterocycles. The minimum absolute atomic E-state index is 0.775. The van der Waals surface area contributed by atoms with Crippen LogP contribution in [0.2, 0.25) is 0 Å². The van der Waals surface area contributed by atoms with Crippen molar-refractivity contribution < 1.29 is 0 Å². The molecule has 1 saturated carbocycles. The van der Waals surface area contributed by atoms with E-state index in [0.717, 1.165) is 11.8 Å². The molecule has 78 valence electrons. The van der Waals surface area contributed by atoms with Gasteiger partial charge < -0.3 is 0 Å². The zero-order valence-electron chi connectivity index (χ0n) is 9.12. The monoisotopic (exact) mass is 209 g/mol. The maximum Gasteiger partial charge on any atom is 0.0958 e. The smallest absolute Gasteiger partial charge is 0.0958 e. The summed E-state index contributed by atoms with van der Waals surface area (Å²) in [5.74, 6) is 1.77. The van der Waals surface area contributed by atoms with Crippen LogP contribution in [-0.2, 0) is 0 Å². The number of hydrogen-bond acceptors (Lipinski definition) is 2. The molecule has 1 aliphatic carbocycles. The highest BCUT2D eigenvalue weighted by Gasteiger charge is 2.22. The average molecular weight is 209 g/mol. The Morgan fingerprint density at radius 2 is 2.07 bits per heavy atom. The van der Waals surface area contributed by atoms with Gasteiger partial charge in [0.15, 0.2) is 0 Å². The third-order valence-electron chi connectivity index (χ3n) is 3.41. The van der Waals surface area contributed by atoms with E-state index >= 15 is 0 Å². The summed E-state index contributed by atoms with van der Waals surface area (Å²) >= 11 is 1.89. The first kappa shape index (κ1) is 10.2. The van der Waals surface area contributed by atoms with Crippen LogP contribution in [0.3, 0.4) is 0 Å². The fourth-order valence-corrected chi connectivity index (χ4v) is 3.32. The second-order valence-corrected chi connectivity index (χ2v) is 5.70. The summed E-state index contributed by atoms with van der Waals surface area (Å²) in [6.07, 6.45) is 8.95. The van der Waals surface area contributed by atoms with Gasteiger partial charge in [-0.05, 0) is 38.5 Å². The Labute approximate surface area is 90.6 Å². The van der Waals surface area contributed by atoms with Crippen molar-refractivity contribution in [1.29, 1.82) is 0 Å². The molecule has 0 unspecified atom stereocenters. The lowest BCUT2D eigenvalue weighted by atomic mass is 9.81. The second-order valence-electron chi connectivity index (χ2n) is 4.44. The number of aromatic nitrogens is 1. The lowest BCUT2D eigenvalue weighted by molar-refractivity contribution is 0.318. The van der Waals surface area contributed by atoms with Crippen LogP contribution in [0, 0.1) is 12.8 Å². The van der Waals surface area contributed by atoms with Crippen LogP contribution in [-0.4, -0.2) is 4.98 Å². The van der Waals surface area contributed by atoms with Crippen molar-refractivity contribution in [3.63, 3.8) is 0 Å². The second kappa shape index (κ2) is 4.43. The van der Waals surface area contributed by atoms with Crippen molar-refractivity contribution in [2.45, 2.75) is 51.9 Å². The molecule has 1 heterocycles. The highest BCUT2D eigenvalue weighted by atomic mass is 32.1. The van der Waals surface area contributed by atoms with Crippen LogP contribution < -0.4 is 0 Å². The first-order chi connectivity index (χ1) is 6.79. The number of aryl methyl sites for hydroxylation is 1. The molecule has 1 fully saturated rings. The van der Waals surface area contributed by atoms with Crippen molar-refractivity contribution in [3.05, 3.63) is 16.1 Å². The summed E-state index contributed by atoms with van der Waals surface area (Å²) in [6.45, 7) is 4.47. The molecule has 0 N–H and O–H groups in total. The van der Waals surface area contributed by atoms with E-state index in [4.69, 9.17) is 0 Å².